The molecule has 2 nitrogen and oxygen atoms in total. The van der Waals surface area contributed by atoms with Crippen LogP contribution in [0.15, 0.2) is 36.4 Å². The molecule has 0 bridgehead atoms. The van der Waals surface area contributed by atoms with E-state index in [4.69, 9.17) is 27.9 Å². The molecule has 112 valence electrons. The van der Waals surface area contributed by atoms with E-state index >= 15 is 0 Å². The van der Waals surface area contributed by atoms with E-state index in [2.05, 4.69) is 0 Å². The molecule has 2 aromatic rings. The minimum Gasteiger partial charge on any atom is -0.492 e. The van der Waals surface area contributed by atoms with Crippen molar-refractivity contribution in [3.63, 3.8) is 0 Å². The summed E-state index contributed by atoms with van der Waals surface area (Å²) in [7, 11) is 0. The van der Waals surface area contributed by atoms with Crippen molar-refractivity contribution < 1.29 is 14.2 Å². The van der Waals surface area contributed by atoms with Crippen LogP contribution >= 0.6 is 23.2 Å². The van der Waals surface area contributed by atoms with Crippen LogP contribution < -0.4 is 4.74 Å². The predicted molar refractivity (Wildman–Crippen MR) is 82.7 cm³/mol. The summed E-state index contributed by atoms with van der Waals surface area (Å²) in [6, 6.07) is 9.25. The first kappa shape index (κ1) is 16.1. The van der Waals surface area contributed by atoms with Gasteiger partial charge in [-0.25, -0.2) is 4.39 Å². The topological polar surface area (TPSA) is 29.5 Å². The van der Waals surface area contributed by atoms with Gasteiger partial charge in [-0.15, -0.1) is 0 Å². The predicted octanol–water partition coefficient (Wildman–Crippen LogP) is 4.81. The third-order valence-electron chi connectivity index (χ3n) is 3.03. The van der Waals surface area contributed by atoms with Crippen LogP contribution in [0, 0.1) is 5.82 Å². The number of rotatable bonds is 5. The molecule has 0 aliphatic rings. The molecule has 0 spiro atoms. The monoisotopic (exact) mass is 328 g/mol. The Morgan fingerprint density at radius 1 is 1.19 bits per heavy atom. The van der Waals surface area contributed by atoms with Crippen molar-refractivity contribution in [2.45, 2.75) is 19.4 Å². The highest BCUT2D eigenvalue weighted by atomic mass is 35.5. The average molecular weight is 329 g/mol. The van der Waals surface area contributed by atoms with Gasteiger partial charge < -0.3 is 9.84 Å². The highest BCUT2D eigenvalue weighted by Crippen LogP contribution is 2.35. The molecule has 0 radical (unpaired) electrons. The fourth-order valence-corrected chi connectivity index (χ4v) is 2.57. The highest BCUT2D eigenvalue weighted by Gasteiger charge is 2.16. The van der Waals surface area contributed by atoms with E-state index in [-0.39, 0.29) is 12.2 Å². The fraction of sp³-hybridized carbons (Fsp3) is 0.250. The Morgan fingerprint density at radius 2 is 1.95 bits per heavy atom. The molecule has 21 heavy (non-hydrogen) atoms. The standard InChI is InChI=1S/C16H15Cl2FO2/c1-2-21-16-9-13(17)12(8-14(16)18)15(20)7-10-4-3-5-11(19)6-10/h3-6,8-9,15,20H,2,7H2,1H3. The second-order valence-electron chi connectivity index (χ2n) is 4.59. The first-order valence-electron chi connectivity index (χ1n) is 6.55. The Kier molecular flexibility index (Phi) is 5.45. The number of benzene rings is 2. The summed E-state index contributed by atoms with van der Waals surface area (Å²) in [5.74, 6) is 0.140. The molecule has 0 saturated heterocycles. The minimum absolute atomic E-state index is 0.252. The van der Waals surface area contributed by atoms with Crippen molar-refractivity contribution in [2.75, 3.05) is 6.61 Å². The Bertz CT molecular complexity index is 632. The molecule has 0 aliphatic heterocycles. The van der Waals surface area contributed by atoms with Crippen LogP contribution in [0.2, 0.25) is 10.0 Å². The van der Waals surface area contributed by atoms with E-state index in [0.717, 1.165) is 0 Å². The van der Waals surface area contributed by atoms with E-state index in [1.807, 2.05) is 6.92 Å². The van der Waals surface area contributed by atoms with E-state index < -0.39 is 6.10 Å². The smallest absolute Gasteiger partial charge is 0.139 e. The molecule has 2 rings (SSSR count). The maximum absolute atomic E-state index is 13.2. The Balaban J connectivity index is 2.23. The summed E-state index contributed by atoms with van der Waals surface area (Å²) in [5, 5.41) is 11.0. The lowest BCUT2D eigenvalue weighted by Crippen LogP contribution is -2.04. The molecule has 1 N–H and O–H groups in total. The van der Waals surface area contributed by atoms with Crippen LogP contribution in [-0.4, -0.2) is 11.7 Å². The molecule has 5 heteroatoms. The van der Waals surface area contributed by atoms with E-state index in [9.17, 15) is 9.50 Å². The van der Waals surface area contributed by atoms with Crippen molar-refractivity contribution in [3.8, 4) is 5.75 Å². The van der Waals surface area contributed by atoms with Crippen molar-refractivity contribution in [2.24, 2.45) is 0 Å². The molecule has 0 aliphatic carbocycles. The van der Waals surface area contributed by atoms with E-state index in [1.165, 1.54) is 12.1 Å². The van der Waals surface area contributed by atoms with Gasteiger partial charge >= 0.3 is 0 Å². The van der Waals surface area contributed by atoms with Crippen LogP contribution in [0.4, 0.5) is 4.39 Å². The maximum atomic E-state index is 13.2. The van der Waals surface area contributed by atoms with Gasteiger partial charge in [-0.05, 0) is 30.7 Å². The molecular formula is C16H15Cl2FO2. The number of hydrogen-bond acceptors (Lipinski definition) is 2. The number of hydrogen-bond donors (Lipinski definition) is 1. The zero-order valence-corrected chi connectivity index (χ0v) is 13.0. The second-order valence-corrected chi connectivity index (χ2v) is 5.40. The number of aliphatic hydroxyl groups is 1. The van der Waals surface area contributed by atoms with Crippen molar-refractivity contribution in [1.82, 2.24) is 0 Å². The number of halogens is 3. The van der Waals surface area contributed by atoms with Gasteiger partial charge in [0.25, 0.3) is 0 Å². The first-order chi connectivity index (χ1) is 10.0. The van der Waals surface area contributed by atoms with Crippen molar-refractivity contribution in [3.05, 3.63) is 63.4 Å². The quantitative estimate of drug-likeness (QED) is 0.853. The third-order valence-corrected chi connectivity index (χ3v) is 3.65. The lowest BCUT2D eigenvalue weighted by Gasteiger charge is -2.15. The lowest BCUT2D eigenvalue weighted by molar-refractivity contribution is 0.178. The summed E-state index contributed by atoms with van der Waals surface area (Å²) in [6.07, 6.45) is -0.616. The lowest BCUT2D eigenvalue weighted by atomic mass is 10.0. The highest BCUT2D eigenvalue weighted by molar-refractivity contribution is 6.34. The normalized spacial score (nSPS) is 12.2. The number of ether oxygens (including phenoxy) is 1. The van der Waals surface area contributed by atoms with Gasteiger partial charge in [0, 0.05) is 18.1 Å². The Labute approximate surface area is 133 Å². The molecule has 2 aromatic carbocycles. The number of aliphatic hydroxyl groups excluding tert-OH is 1. The van der Waals surface area contributed by atoms with Gasteiger partial charge in [0.2, 0.25) is 0 Å². The first-order valence-corrected chi connectivity index (χ1v) is 7.31. The zero-order chi connectivity index (χ0) is 15.4. The van der Waals surface area contributed by atoms with Gasteiger partial charge in [-0.1, -0.05) is 35.3 Å². The van der Waals surface area contributed by atoms with Gasteiger partial charge in [0.1, 0.15) is 11.6 Å². The Hall–Kier alpha value is -1.29. The summed E-state index contributed by atoms with van der Waals surface area (Å²) in [6.45, 7) is 2.32. The van der Waals surface area contributed by atoms with Gasteiger partial charge in [-0.3, -0.25) is 0 Å². The van der Waals surface area contributed by atoms with Crippen molar-refractivity contribution >= 4 is 23.2 Å². The van der Waals surface area contributed by atoms with Crippen LogP contribution in [-0.2, 0) is 6.42 Å². The second kappa shape index (κ2) is 7.12. The molecular weight excluding hydrogens is 314 g/mol. The molecule has 1 atom stereocenters. The molecule has 1 unspecified atom stereocenters. The van der Waals surface area contributed by atoms with E-state index in [1.54, 1.807) is 24.3 Å². The third kappa shape index (κ3) is 4.10. The SMILES string of the molecule is CCOc1cc(Cl)c(C(O)Cc2cccc(F)c2)cc1Cl. The summed E-state index contributed by atoms with van der Waals surface area (Å²) in [5.41, 5.74) is 1.18. The molecule has 0 fully saturated rings. The van der Waals surface area contributed by atoms with Crippen LogP contribution in [0.5, 0.6) is 5.75 Å². The summed E-state index contributed by atoms with van der Waals surface area (Å²) < 4.78 is 18.5. The van der Waals surface area contributed by atoms with Crippen LogP contribution in [0.1, 0.15) is 24.2 Å². The average Bonchev–Trinajstić information content (AvgIpc) is 2.42. The molecule has 0 saturated carbocycles. The molecule has 0 heterocycles. The Morgan fingerprint density at radius 3 is 2.62 bits per heavy atom. The fourth-order valence-electron chi connectivity index (χ4n) is 2.06. The van der Waals surface area contributed by atoms with Crippen LogP contribution in [0.3, 0.4) is 0 Å². The molecule has 0 aromatic heterocycles. The van der Waals surface area contributed by atoms with Gasteiger partial charge in [-0.2, -0.15) is 0 Å². The molecule has 0 amide bonds. The minimum atomic E-state index is -0.868. The van der Waals surface area contributed by atoms with Gasteiger partial charge in [0.05, 0.1) is 22.8 Å². The zero-order valence-electron chi connectivity index (χ0n) is 11.4. The summed E-state index contributed by atoms with van der Waals surface area (Å²) in [4.78, 5) is 0. The van der Waals surface area contributed by atoms with Crippen molar-refractivity contribution in [1.29, 1.82) is 0 Å². The van der Waals surface area contributed by atoms with Gasteiger partial charge in [0.15, 0.2) is 0 Å². The largest absolute Gasteiger partial charge is 0.492 e. The maximum Gasteiger partial charge on any atom is 0.139 e. The summed E-state index contributed by atoms with van der Waals surface area (Å²) >= 11 is 12.3. The van der Waals surface area contributed by atoms with Crippen LogP contribution in [0.25, 0.3) is 0 Å². The van der Waals surface area contributed by atoms with E-state index in [0.29, 0.717) is 33.5 Å².